The molecule has 0 bridgehead atoms. The number of unbranched alkanes of at least 4 members (excludes halogenated alkanes) is 12. The van der Waals surface area contributed by atoms with Crippen molar-refractivity contribution in [2.75, 3.05) is 19.7 Å². The Morgan fingerprint density at radius 1 is 0.828 bits per heavy atom. The first-order valence-corrected chi connectivity index (χ1v) is 11.9. The van der Waals surface area contributed by atoms with Gasteiger partial charge in [-0.1, -0.05) is 84.0 Å². The molecule has 0 unspecified atom stereocenters. The van der Waals surface area contributed by atoms with E-state index in [0.29, 0.717) is 6.61 Å². The summed E-state index contributed by atoms with van der Waals surface area (Å²) in [7, 11) is 0. The summed E-state index contributed by atoms with van der Waals surface area (Å²) in [6.45, 7) is 8.57. The van der Waals surface area contributed by atoms with Crippen molar-refractivity contribution >= 4 is 5.97 Å². The fourth-order valence-corrected chi connectivity index (χ4v) is 3.21. The second kappa shape index (κ2) is 21.0. The van der Waals surface area contributed by atoms with Crippen molar-refractivity contribution in [3.63, 3.8) is 0 Å². The molecular weight excluding hydrogens is 360 g/mol. The fraction of sp³-hybridized carbons (Fsp3) is 0.760. The predicted octanol–water partition coefficient (Wildman–Crippen LogP) is 6.93. The van der Waals surface area contributed by atoms with Crippen molar-refractivity contribution in [1.82, 2.24) is 4.90 Å². The molecule has 0 fully saturated rings. The van der Waals surface area contributed by atoms with Crippen LogP contribution in [-0.4, -0.2) is 30.6 Å². The number of allylic oxidation sites excluding steroid dienone is 2. The lowest BCUT2D eigenvalue weighted by Crippen LogP contribution is -2.15. The second-order valence-electron chi connectivity index (χ2n) is 7.63. The van der Waals surface area contributed by atoms with Gasteiger partial charge < -0.3 is 9.64 Å². The molecule has 0 rings (SSSR count). The SMILES string of the molecule is CCCCCCCCCCCCCCCOC(=O)/C(C#N)=C/C=C/N(CC)CC. The Labute approximate surface area is 180 Å². The van der Waals surface area contributed by atoms with Crippen LogP contribution in [0.3, 0.4) is 0 Å². The van der Waals surface area contributed by atoms with Crippen LogP contribution < -0.4 is 0 Å². The first kappa shape index (κ1) is 27.2. The molecule has 0 amide bonds. The van der Waals surface area contributed by atoms with Crippen LogP contribution in [0.1, 0.15) is 104 Å². The molecule has 0 saturated heterocycles. The van der Waals surface area contributed by atoms with E-state index in [1.807, 2.05) is 12.3 Å². The molecule has 0 aromatic rings. The van der Waals surface area contributed by atoms with E-state index < -0.39 is 5.97 Å². The maximum Gasteiger partial charge on any atom is 0.348 e. The zero-order valence-corrected chi connectivity index (χ0v) is 19.3. The van der Waals surface area contributed by atoms with Gasteiger partial charge in [-0.05, 0) is 38.6 Å². The van der Waals surface area contributed by atoms with Crippen LogP contribution in [-0.2, 0) is 9.53 Å². The molecule has 0 heterocycles. The van der Waals surface area contributed by atoms with Gasteiger partial charge in [-0.2, -0.15) is 5.26 Å². The minimum atomic E-state index is -0.518. The van der Waals surface area contributed by atoms with Gasteiger partial charge in [0.05, 0.1) is 6.61 Å². The van der Waals surface area contributed by atoms with E-state index in [1.54, 1.807) is 6.08 Å². The standard InChI is InChI=1S/C25H44N2O2/c1-4-7-8-9-10-11-12-13-14-15-16-17-18-22-29-25(28)24(23-26)20-19-21-27(5-2)6-3/h19-21H,4-18,22H2,1-3H3/b21-19+,24-20+. The lowest BCUT2D eigenvalue weighted by atomic mass is 10.0. The summed E-state index contributed by atoms with van der Waals surface area (Å²) in [5, 5.41) is 9.12. The van der Waals surface area contributed by atoms with Crippen molar-refractivity contribution in [3.8, 4) is 6.07 Å². The average Bonchev–Trinajstić information content (AvgIpc) is 2.74. The minimum Gasteiger partial charge on any atom is -0.462 e. The Kier molecular flexibility index (Phi) is 19.7. The zero-order chi connectivity index (χ0) is 21.6. The Hall–Kier alpha value is -1.76. The lowest BCUT2D eigenvalue weighted by Gasteiger charge is -2.13. The molecule has 0 saturated carbocycles. The first-order valence-electron chi connectivity index (χ1n) is 11.9. The van der Waals surface area contributed by atoms with Crippen LogP contribution in [0.5, 0.6) is 0 Å². The van der Waals surface area contributed by atoms with Gasteiger partial charge >= 0.3 is 5.97 Å². The zero-order valence-electron chi connectivity index (χ0n) is 19.3. The number of ether oxygens (including phenoxy) is 1. The number of rotatable bonds is 19. The number of carbonyl (C=O) groups excluding carboxylic acids is 1. The molecule has 0 spiro atoms. The maximum absolute atomic E-state index is 11.9. The van der Waals surface area contributed by atoms with Crippen LogP contribution in [0.15, 0.2) is 23.9 Å². The topological polar surface area (TPSA) is 53.3 Å². The molecule has 0 aromatic carbocycles. The fourth-order valence-electron chi connectivity index (χ4n) is 3.21. The lowest BCUT2D eigenvalue weighted by molar-refractivity contribution is -0.138. The van der Waals surface area contributed by atoms with E-state index in [2.05, 4.69) is 25.7 Å². The Morgan fingerprint density at radius 2 is 1.31 bits per heavy atom. The molecule has 4 heteroatoms. The number of nitriles is 1. The third-order valence-corrected chi connectivity index (χ3v) is 5.19. The number of carbonyl (C=O) groups is 1. The minimum absolute atomic E-state index is 0.0584. The summed E-state index contributed by atoms with van der Waals surface area (Å²) < 4.78 is 5.23. The highest BCUT2D eigenvalue weighted by atomic mass is 16.5. The van der Waals surface area contributed by atoms with E-state index in [4.69, 9.17) is 10.00 Å². The summed E-state index contributed by atoms with van der Waals surface area (Å²) in [5.41, 5.74) is 0.0584. The van der Waals surface area contributed by atoms with Gasteiger partial charge in [0.25, 0.3) is 0 Å². The summed E-state index contributed by atoms with van der Waals surface area (Å²) in [4.78, 5) is 14.0. The van der Waals surface area contributed by atoms with E-state index in [1.165, 1.54) is 76.7 Å². The van der Waals surface area contributed by atoms with Crippen LogP contribution in [0.25, 0.3) is 0 Å². The molecule has 0 aliphatic rings. The van der Waals surface area contributed by atoms with Gasteiger partial charge in [-0.25, -0.2) is 4.79 Å². The quantitative estimate of drug-likeness (QED) is 0.0770. The van der Waals surface area contributed by atoms with Crippen molar-refractivity contribution in [1.29, 1.82) is 5.26 Å². The molecule has 0 aliphatic heterocycles. The largest absolute Gasteiger partial charge is 0.462 e. The smallest absolute Gasteiger partial charge is 0.348 e. The number of nitrogens with zero attached hydrogens (tertiary/aromatic N) is 2. The van der Waals surface area contributed by atoms with E-state index in [-0.39, 0.29) is 5.57 Å². The number of hydrogen-bond donors (Lipinski definition) is 0. The van der Waals surface area contributed by atoms with Gasteiger partial charge in [0.15, 0.2) is 0 Å². The van der Waals surface area contributed by atoms with E-state index in [9.17, 15) is 4.79 Å². The van der Waals surface area contributed by atoms with E-state index >= 15 is 0 Å². The van der Waals surface area contributed by atoms with E-state index in [0.717, 1.165) is 25.9 Å². The Balaban J connectivity index is 3.66. The highest BCUT2D eigenvalue weighted by Crippen LogP contribution is 2.12. The highest BCUT2D eigenvalue weighted by molar-refractivity contribution is 5.93. The summed E-state index contributed by atoms with van der Waals surface area (Å²) >= 11 is 0. The van der Waals surface area contributed by atoms with Crippen molar-refractivity contribution in [2.24, 2.45) is 0 Å². The molecule has 0 aromatic heterocycles. The van der Waals surface area contributed by atoms with Crippen LogP contribution >= 0.6 is 0 Å². The third kappa shape index (κ3) is 16.9. The average molecular weight is 405 g/mol. The monoisotopic (exact) mass is 404 g/mol. The van der Waals surface area contributed by atoms with Crippen LogP contribution in [0.4, 0.5) is 0 Å². The Bertz CT molecular complexity index is 488. The van der Waals surface area contributed by atoms with Crippen LogP contribution in [0, 0.1) is 11.3 Å². The van der Waals surface area contributed by atoms with Gasteiger partial charge in [0.2, 0.25) is 0 Å². The molecule has 0 N–H and O–H groups in total. The summed E-state index contributed by atoms with van der Waals surface area (Å²) in [6, 6.07) is 1.93. The van der Waals surface area contributed by atoms with Gasteiger partial charge in [-0.15, -0.1) is 0 Å². The second-order valence-corrected chi connectivity index (χ2v) is 7.63. The molecule has 166 valence electrons. The van der Waals surface area contributed by atoms with Gasteiger partial charge in [0, 0.05) is 13.1 Å². The number of hydrogen-bond acceptors (Lipinski definition) is 4. The van der Waals surface area contributed by atoms with Crippen molar-refractivity contribution in [3.05, 3.63) is 23.9 Å². The van der Waals surface area contributed by atoms with Gasteiger partial charge in [0.1, 0.15) is 11.6 Å². The molecule has 4 nitrogen and oxygen atoms in total. The molecule has 0 aliphatic carbocycles. The highest BCUT2D eigenvalue weighted by Gasteiger charge is 2.09. The molecule has 0 radical (unpaired) electrons. The van der Waals surface area contributed by atoms with Crippen molar-refractivity contribution < 1.29 is 9.53 Å². The third-order valence-electron chi connectivity index (χ3n) is 5.19. The number of esters is 1. The predicted molar refractivity (Wildman–Crippen MR) is 122 cm³/mol. The molecular formula is C25H44N2O2. The molecule has 0 atom stereocenters. The summed E-state index contributed by atoms with van der Waals surface area (Å²) in [6.07, 6.45) is 21.9. The summed E-state index contributed by atoms with van der Waals surface area (Å²) in [5.74, 6) is -0.518. The maximum atomic E-state index is 11.9. The Morgan fingerprint density at radius 3 is 1.76 bits per heavy atom. The van der Waals surface area contributed by atoms with Crippen LogP contribution in [0.2, 0.25) is 0 Å². The van der Waals surface area contributed by atoms with Crippen molar-refractivity contribution in [2.45, 2.75) is 104 Å². The van der Waals surface area contributed by atoms with Gasteiger partial charge in [-0.3, -0.25) is 0 Å². The molecule has 29 heavy (non-hydrogen) atoms. The first-order chi connectivity index (χ1) is 14.2. The normalized spacial score (nSPS) is 11.6.